The van der Waals surface area contributed by atoms with E-state index >= 15 is 0 Å². The van der Waals surface area contributed by atoms with Crippen LogP contribution in [0.5, 0.6) is 0 Å². The number of hydrogen-bond acceptors (Lipinski definition) is 3. The fourth-order valence-corrected chi connectivity index (χ4v) is 3.68. The molecule has 27 heavy (non-hydrogen) atoms. The Morgan fingerprint density at radius 3 is 2.04 bits per heavy atom. The van der Waals surface area contributed by atoms with E-state index in [2.05, 4.69) is 43.3 Å². The molecule has 0 fully saturated rings. The Bertz CT molecular complexity index is 471. The van der Waals surface area contributed by atoms with Crippen molar-refractivity contribution in [3.63, 3.8) is 0 Å². The van der Waals surface area contributed by atoms with Crippen LogP contribution in [0.2, 0.25) is 0 Å². The van der Waals surface area contributed by atoms with Crippen molar-refractivity contribution in [1.29, 1.82) is 0 Å². The van der Waals surface area contributed by atoms with Crippen molar-refractivity contribution in [1.82, 2.24) is 0 Å². The van der Waals surface area contributed by atoms with Crippen LogP contribution < -0.4 is 0 Å². The number of allylic oxidation sites excluding steroid dienone is 1. The summed E-state index contributed by atoms with van der Waals surface area (Å²) in [7, 11) is 5.03. The van der Waals surface area contributed by atoms with Crippen molar-refractivity contribution in [3.8, 4) is 0 Å². The highest BCUT2D eigenvalue weighted by Gasteiger charge is 2.39. The topological polar surface area (TPSA) is 27.7 Å². The van der Waals surface area contributed by atoms with E-state index in [9.17, 15) is 0 Å². The van der Waals surface area contributed by atoms with Gasteiger partial charge in [-0.2, -0.15) is 0 Å². The zero-order valence-corrected chi connectivity index (χ0v) is 17.9. The molecule has 0 saturated carbocycles. The molecule has 3 nitrogen and oxygen atoms in total. The van der Waals surface area contributed by atoms with Crippen LogP contribution in [0.15, 0.2) is 36.4 Å². The summed E-state index contributed by atoms with van der Waals surface area (Å²) < 4.78 is 17.0. The monoisotopic (exact) mass is 376 g/mol. The molecule has 0 amide bonds. The van der Waals surface area contributed by atoms with E-state index in [1.54, 1.807) is 21.3 Å². The summed E-state index contributed by atoms with van der Waals surface area (Å²) in [6, 6.07) is 10.4. The maximum atomic E-state index is 5.66. The normalized spacial score (nSPS) is 13.3. The largest absolute Gasteiger partial charge is 0.331 e. The lowest BCUT2D eigenvalue weighted by Gasteiger charge is -2.36. The van der Waals surface area contributed by atoms with Gasteiger partial charge in [-0.15, -0.1) is 0 Å². The van der Waals surface area contributed by atoms with Gasteiger partial charge < -0.3 is 14.2 Å². The van der Waals surface area contributed by atoms with Crippen LogP contribution >= 0.6 is 0 Å². The standard InChI is InChI=1S/C24H40O3/c1-5-6-7-8-9-15-20-23(24(25-2,26-3)27-4)21-16-11-14-19-22-17-12-10-13-18-22/h10,12-14,17-19,23H,5-9,11,15-16,20-21H2,1-4H3. The lowest BCUT2D eigenvalue weighted by Crippen LogP contribution is -2.44. The zero-order chi connectivity index (χ0) is 19.8. The third-order valence-corrected chi connectivity index (χ3v) is 5.29. The molecule has 0 bridgehead atoms. The molecule has 0 aliphatic carbocycles. The van der Waals surface area contributed by atoms with Gasteiger partial charge in [-0.05, 0) is 31.2 Å². The molecule has 1 rings (SSSR count). The summed E-state index contributed by atoms with van der Waals surface area (Å²) in [4.78, 5) is 0. The fraction of sp³-hybridized carbons (Fsp3) is 0.667. The van der Waals surface area contributed by atoms with E-state index in [-0.39, 0.29) is 5.92 Å². The van der Waals surface area contributed by atoms with Crippen LogP contribution in [-0.2, 0) is 14.2 Å². The van der Waals surface area contributed by atoms with Crippen LogP contribution in [0.1, 0.15) is 76.7 Å². The number of rotatable bonds is 16. The van der Waals surface area contributed by atoms with Gasteiger partial charge in [-0.3, -0.25) is 0 Å². The van der Waals surface area contributed by atoms with E-state index in [1.807, 2.05) is 6.07 Å². The Morgan fingerprint density at radius 2 is 1.41 bits per heavy atom. The summed E-state index contributed by atoms with van der Waals surface area (Å²) in [6.07, 6.45) is 16.5. The van der Waals surface area contributed by atoms with Crippen LogP contribution in [0.25, 0.3) is 6.08 Å². The second-order valence-electron chi connectivity index (χ2n) is 7.21. The molecule has 1 atom stereocenters. The highest BCUT2D eigenvalue weighted by atomic mass is 16.9. The first-order valence-corrected chi connectivity index (χ1v) is 10.6. The van der Waals surface area contributed by atoms with Gasteiger partial charge in [-0.1, -0.05) is 87.9 Å². The predicted octanol–water partition coefficient (Wildman–Crippen LogP) is 6.83. The maximum absolute atomic E-state index is 5.66. The average Bonchev–Trinajstić information content (AvgIpc) is 2.72. The Balaban J connectivity index is 2.48. The highest BCUT2D eigenvalue weighted by molar-refractivity contribution is 5.48. The predicted molar refractivity (Wildman–Crippen MR) is 115 cm³/mol. The van der Waals surface area contributed by atoms with Gasteiger partial charge in [0.25, 0.3) is 5.97 Å². The third kappa shape index (κ3) is 9.05. The van der Waals surface area contributed by atoms with Gasteiger partial charge in [0.1, 0.15) is 0 Å². The molecule has 1 unspecified atom stereocenters. The molecule has 0 N–H and O–H groups in total. The van der Waals surface area contributed by atoms with Crippen molar-refractivity contribution in [3.05, 3.63) is 42.0 Å². The molecule has 0 saturated heterocycles. The molecule has 0 aliphatic heterocycles. The van der Waals surface area contributed by atoms with Crippen molar-refractivity contribution in [2.75, 3.05) is 21.3 Å². The van der Waals surface area contributed by atoms with Crippen molar-refractivity contribution < 1.29 is 14.2 Å². The van der Waals surface area contributed by atoms with Crippen LogP contribution in [0, 0.1) is 5.92 Å². The van der Waals surface area contributed by atoms with Crippen molar-refractivity contribution in [2.24, 2.45) is 5.92 Å². The molecule has 0 spiro atoms. The molecule has 3 heteroatoms. The summed E-state index contributed by atoms with van der Waals surface area (Å²) in [5.41, 5.74) is 1.25. The van der Waals surface area contributed by atoms with Gasteiger partial charge in [0.15, 0.2) is 0 Å². The van der Waals surface area contributed by atoms with E-state index in [1.165, 1.54) is 44.1 Å². The Kier molecular flexibility index (Phi) is 13.1. The van der Waals surface area contributed by atoms with E-state index in [0.717, 1.165) is 25.7 Å². The van der Waals surface area contributed by atoms with Gasteiger partial charge in [0.05, 0.1) is 0 Å². The number of benzene rings is 1. The molecule has 0 aromatic heterocycles. The lowest BCUT2D eigenvalue weighted by atomic mass is 9.92. The molecule has 0 heterocycles. The SMILES string of the molecule is CCCCCCCCC(CCCC=Cc1ccccc1)C(OC)(OC)OC. The molecule has 1 aromatic rings. The molecular formula is C24H40O3. The summed E-state index contributed by atoms with van der Waals surface area (Å²) in [5.74, 6) is -0.680. The first-order chi connectivity index (χ1) is 13.2. The first kappa shape index (κ1) is 23.9. The summed E-state index contributed by atoms with van der Waals surface area (Å²) in [5, 5.41) is 0. The van der Waals surface area contributed by atoms with Gasteiger partial charge in [0.2, 0.25) is 0 Å². The quantitative estimate of drug-likeness (QED) is 0.234. The van der Waals surface area contributed by atoms with Crippen molar-refractivity contribution >= 4 is 6.08 Å². The van der Waals surface area contributed by atoms with Crippen LogP contribution in [0.3, 0.4) is 0 Å². The number of ether oxygens (including phenoxy) is 3. The maximum Gasteiger partial charge on any atom is 0.285 e. The minimum Gasteiger partial charge on any atom is -0.331 e. The minimum atomic E-state index is -0.924. The second-order valence-corrected chi connectivity index (χ2v) is 7.21. The van der Waals surface area contributed by atoms with Gasteiger partial charge in [0, 0.05) is 27.2 Å². The molecule has 154 valence electrons. The molecule has 0 aliphatic rings. The van der Waals surface area contributed by atoms with E-state index in [0.29, 0.717) is 0 Å². The van der Waals surface area contributed by atoms with Gasteiger partial charge >= 0.3 is 0 Å². The second kappa shape index (κ2) is 14.8. The Morgan fingerprint density at radius 1 is 0.815 bits per heavy atom. The van der Waals surface area contributed by atoms with Crippen LogP contribution in [-0.4, -0.2) is 27.3 Å². The smallest absolute Gasteiger partial charge is 0.285 e. The fourth-order valence-electron chi connectivity index (χ4n) is 3.68. The van der Waals surface area contributed by atoms with Crippen molar-refractivity contribution in [2.45, 2.75) is 77.1 Å². The number of hydrogen-bond donors (Lipinski definition) is 0. The molecular weight excluding hydrogens is 336 g/mol. The third-order valence-electron chi connectivity index (χ3n) is 5.29. The summed E-state index contributed by atoms with van der Waals surface area (Å²) >= 11 is 0. The van der Waals surface area contributed by atoms with Gasteiger partial charge in [-0.25, -0.2) is 0 Å². The van der Waals surface area contributed by atoms with Crippen LogP contribution in [0.4, 0.5) is 0 Å². The minimum absolute atomic E-state index is 0.244. The Hall–Kier alpha value is -1.16. The lowest BCUT2D eigenvalue weighted by molar-refractivity contribution is -0.380. The van der Waals surface area contributed by atoms with E-state index in [4.69, 9.17) is 14.2 Å². The average molecular weight is 377 g/mol. The van der Waals surface area contributed by atoms with E-state index < -0.39 is 5.97 Å². The number of unbranched alkanes of at least 4 members (excludes halogenated alkanes) is 6. The Labute approximate surface area is 167 Å². The molecule has 0 radical (unpaired) electrons. The first-order valence-electron chi connectivity index (χ1n) is 10.6. The molecule has 1 aromatic carbocycles. The highest BCUT2D eigenvalue weighted by Crippen LogP contribution is 2.32. The zero-order valence-electron chi connectivity index (χ0n) is 17.9. The number of methoxy groups -OCH3 is 3. The summed E-state index contributed by atoms with van der Waals surface area (Å²) in [6.45, 7) is 2.26.